The summed E-state index contributed by atoms with van der Waals surface area (Å²) >= 11 is 7.10. The lowest BCUT2D eigenvalue weighted by Gasteiger charge is -2.07. The van der Waals surface area contributed by atoms with Gasteiger partial charge in [-0.25, -0.2) is 0 Å². The van der Waals surface area contributed by atoms with Crippen LogP contribution in [0, 0.1) is 0 Å². The Labute approximate surface area is 136 Å². The van der Waals surface area contributed by atoms with Gasteiger partial charge in [-0.3, -0.25) is 4.79 Å². The third-order valence-corrected chi connectivity index (χ3v) is 4.36. The topological polar surface area (TPSA) is 59.8 Å². The van der Waals surface area contributed by atoms with Crippen LogP contribution in [0.4, 0.5) is 5.69 Å². The number of rotatable bonds is 4. The van der Waals surface area contributed by atoms with Crippen LogP contribution in [0.1, 0.15) is 16.6 Å². The summed E-state index contributed by atoms with van der Waals surface area (Å²) in [5.74, 6) is 0.601. The van der Waals surface area contributed by atoms with Crippen molar-refractivity contribution < 1.29 is 4.79 Å². The largest absolute Gasteiger partial charge is 0.321 e. The molecule has 2 aromatic heterocycles. The zero-order valence-electron chi connectivity index (χ0n) is 11.8. The predicted octanol–water partition coefficient (Wildman–Crippen LogP) is 3.93. The highest BCUT2D eigenvalue weighted by atomic mass is 35.5. The van der Waals surface area contributed by atoms with Crippen molar-refractivity contribution in [1.29, 1.82) is 0 Å². The van der Waals surface area contributed by atoms with Crippen molar-refractivity contribution in [3.8, 4) is 11.4 Å². The SMILES string of the molecule is CCn1cnnc1-c1cccc(NC(=O)c2ccc(Cl)s2)c1. The lowest BCUT2D eigenvalue weighted by molar-refractivity contribution is 0.103. The van der Waals surface area contributed by atoms with Crippen LogP contribution in [0.3, 0.4) is 0 Å². The van der Waals surface area contributed by atoms with E-state index in [2.05, 4.69) is 15.5 Å². The summed E-state index contributed by atoms with van der Waals surface area (Å²) in [6.45, 7) is 2.81. The van der Waals surface area contributed by atoms with Gasteiger partial charge in [-0.2, -0.15) is 0 Å². The molecule has 5 nitrogen and oxygen atoms in total. The van der Waals surface area contributed by atoms with Crippen LogP contribution in [0.2, 0.25) is 4.34 Å². The van der Waals surface area contributed by atoms with Gasteiger partial charge in [-0.15, -0.1) is 21.5 Å². The average molecular weight is 333 g/mol. The summed E-state index contributed by atoms with van der Waals surface area (Å²) in [6, 6.07) is 10.9. The van der Waals surface area contributed by atoms with Crippen LogP contribution >= 0.6 is 22.9 Å². The summed E-state index contributed by atoms with van der Waals surface area (Å²) in [4.78, 5) is 12.7. The van der Waals surface area contributed by atoms with E-state index in [1.807, 2.05) is 35.8 Å². The van der Waals surface area contributed by atoms with E-state index in [4.69, 9.17) is 11.6 Å². The van der Waals surface area contributed by atoms with Crippen LogP contribution < -0.4 is 5.32 Å². The number of aryl methyl sites for hydroxylation is 1. The molecule has 3 rings (SSSR count). The second kappa shape index (κ2) is 6.29. The first-order valence-corrected chi connectivity index (χ1v) is 7.91. The first kappa shape index (κ1) is 14.7. The van der Waals surface area contributed by atoms with E-state index in [1.165, 1.54) is 11.3 Å². The van der Waals surface area contributed by atoms with Crippen LogP contribution in [-0.2, 0) is 6.54 Å². The van der Waals surface area contributed by atoms with E-state index in [0.29, 0.717) is 14.9 Å². The zero-order chi connectivity index (χ0) is 15.5. The van der Waals surface area contributed by atoms with Crippen molar-refractivity contribution >= 4 is 34.5 Å². The first-order valence-electron chi connectivity index (χ1n) is 6.72. The summed E-state index contributed by atoms with van der Waals surface area (Å²) in [5.41, 5.74) is 1.61. The molecule has 2 heterocycles. The summed E-state index contributed by atoms with van der Waals surface area (Å²) in [6.07, 6.45) is 1.69. The molecule has 1 N–H and O–H groups in total. The van der Waals surface area contributed by atoms with E-state index < -0.39 is 0 Å². The van der Waals surface area contributed by atoms with Gasteiger partial charge in [0.15, 0.2) is 5.82 Å². The smallest absolute Gasteiger partial charge is 0.265 e. The molecule has 3 aromatic rings. The number of hydrogen-bond donors (Lipinski definition) is 1. The second-order valence-corrected chi connectivity index (χ2v) is 6.29. The lowest BCUT2D eigenvalue weighted by Crippen LogP contribution is -2.10. The van der Waals surface area contributed by atoms with E-state index in [0.717, 1.165) is 17.9 Å². The molecule has 0 saturated heterocycles. The van der Waals surface area contributed by atoms with Gasteiger partial charge in [0.1, 0.15) is 6.33 Å². The predicted molar refractivity (Wildman–Crippen MR) is 88.4 cm³/mol. The minimum Gasteiger partial charge on any atom is -0.321 e. The van der Waals surface area contributed by atoms with Crippen LogP contribution in [0.15, 0.2) is 42.7 Å². The molecule has 0 saturated carbocycles. The van der Waals surface area contributed by atoms with Gasteiger partial charge in [0.2, 0.25) is 0 Å². The van der Waals surface area contributed by atoms with E-state index in [9.17, 15) is 4.79 Å². The number of amides is 1. The number of nitrogens with zero attached hydrogens (tertiary/aromatic N) is 3. The number of halogens is 1. The van der Waals surface area contributed by atoms with E-state index in [1.54, 1.807) is 18.5 Å². The Hall–Kier alpha value is -2.18. The maximum atomic E-state index is 12.2. The molecule has 0 bridgehead atoms. The molecule has 0 aliphatic rings. The van der Waals surface area contributed by atoms with Gasteiger partial charge in [0.25, 0.3) is 5.91 Å². The number of thiophene rings is 1. The molecule has 0 aliphatic heterocycles. The average Bonchev–Trinajstić information content (AvgIpc) is 3.15. The number of hydrogen-bond acceptors (Lipinski definition) is 4. The Morgan fingerprint density at radius 1 is 1.36 bits per heavy atom. The van der Waals surface area contributed by atoms with Crippen molar-refractivity contribution in [3.63, 3.8) is 0 Å². The number of nitrogens with one attached hydrogen (secondary N) is 1. The molecule has 0 unspecified atom stereocenters. The molecule has 0 fully saturated rings. The molecule has 1 aromatic carbocycles. The number of anilines is 1. The lowest BCUT2D eigenvalue weighted by atomic mass is 10.2. The molecule has 0 atom stereocenters. The van der Waals surface area contributed by atoms with Crippen molar-refractivity contribution in [2.45, 2.75) is 13.5 Å². The number of benzene rings is 1. The zero-order valence-corrected chi connectivity index (χ0v) is 13.4. The van der Waals surface area contributed by atoms with Crippen LogP contribution in [-0.4, -0.2) is 20.7 Å². The van der Waals surface area contributed by atoms with Gasteiger partial charge in [-0.05, 0) is 31.2 Å². The Kier molecular flexibility index (Phi) is 4.22. The van der Waals surface area contributed by atoms with Crippen molar-refractivity contribution in [1.82, 2.24) is 14.8 Å². The molecule has 112 valence electrons. The highest BCUT2D eigenvalue weighted by Gasteiger charge is 2.11. The fraction of sp³-hybridized carbons (Fsp3) is 0.133. The first-order chi connectivity index (χ1) is 10.7. The maximum absolute atomic E-state index is 12.2. The molecule has 0 radical (unpaired) electrons. The Balaban J connectivity index is 1.84. The highest BCUT2D eigenvalue weighted by molar-refractivity contribution is 7.18. The van der Waals surface area contributed by atoms with Gasteiger partial charge in [-0.1, -0.05) is 23.7 Å². The van der Waals surface area contributed by atoms with Gasteiger partial charge in [0.05, 0.1) is 9.21 Å². The third-order valence-electron chi connectivity index (χ3n) is 3.13. The Morgan fingerprint density at radius 2 is 2.23 bits per heavy atom. The molecule has 22 heavy (non-hydrogen) atoms. The fourth-order valence-corrected chi connectivity index (χ4v) is 3.01. The van der Waals surface area contributed by atoms with Crippen LogP contribution in [0.5, 0.6) is 0 Å². The minimum absolute atomic E-state index is 0.175. The summed E-state index contributed by atoms with van der Waals surface area (Å²) in [5, 5.41) is 10.9. The molecular weight excluding hydrogens is 320 g/mol. The quantitative estimate of drug-likeness (QED) is 0.787. The normalized spacial score (nSPS) is 10.6. The molecule has 0 aliphatic carbocycles. The van der Waals surface area contributed by atoms with Crippen molar-refractivity contribution in [3.05, 3.63) is 51.9 Å². The second-order valence-electron chi connectivity index (χ2n) is 4.58. The number of carbonyl (C=O) groups excluding carboxylic acids is 1. The van der Waals surface area contributed by atoms with Gasteiger partial charge < -0.3 is 9.88 Å². The van der Waals surface area contributed by atoms with Gasteiger partial charge in [0, 0.05) is 17.8 Å². The van der Waals surface area contributed by atoms with Crippen molar-refractivity contribution in [2.75, 3.05) is 5.32 Å². The van der Waals surface area contributed by atoms with Crippen molar-refractivity contribution in [2.24, 2.45) is 0 Å². The third kappa shape index (κ3) is 3.03. The van der Waals surface area contributed by atoms with Gasteiger partial charge >= 0.3 is 0 Å². The number of aromatic nitrogens is 3. The van der Waals surface area contributed by atoms with Crippen LogP contribution in [0.25, 0.3) is 11.4 Å². The summed E-state index contributed by atoms with van der Waals surface area (Å²) < 4.78 is 2.54. The van der Waals surface area contributed by atoms with E-state index in [-0.39, 0.29) is 5.91 Å². The highest BCUT2D eigenvalue weighted by Crippen LogP contribution is 2.24. The standard InChI is InChI=1S/C15H13ClN4OS/c1-2-20-9-17-19-14(20)10-4-3-5-11(8-10)18-15(21)12-6-7-13(16)22-12/h3-9H,2H2,1H3,(H,18,21). The summed E-state index contributed by atoms with van der Waals surface area (Å²) in [7, 11) is 0. The fourth-order valence-electron chi connectivity index (χ4n) is 2.08. The Morgan fingerprint density at radius 3 is 2.95 bits per heavy atom. The minimum atomic E-state index is -0.175. The monoisotopic (exact) mass is 332 g/mol. The molecular formula is C15H13ClN4OS. The molecule has 1 amide bonds. The maximum Gasteiger partial charge on any atom is 0.265 e. The Bertz CT molecular complexity index is 811. The number of carbonyl (C=O) groups is 1. The molecule has 0 spiro atoms. The molecule has 7 heteroatoms. The van der Waals surface area contributed by atoms with E-state index >= 15 is 0 Å².